The summed E-state index contributed by atoms with van der Waals surface area (Å²) in [5.41, 5.74) is 34.9. The minimum Gasteiger partial charge on any atom is -0.309 e. The van der Waals surface area contributed by atoms with Crippen molar-refractivity contribution >= 4 is 172 Å². The molecule has 0 bridgehead atoms. The van der Waals surface area contributed by atoms with Crippen LogP contribution in [0.25, 0.3) is 200 Å². The zero-order valence-electron chi connectivity index (χ0n) is 83.4. The molecule has 1 aliphatic carbocycles. The summed E-state index contributed by atoms with van der Waals surface area (Å²) in [5.74, 6) is 0.792. The summed E-state index contributed by atoms with van der Waals surface area (Å²) in [5, 5.41) is 18.8. The van der Waals surface area contributed by atoms with Gasteiger partial charge >= 0.3 is 0 Å². The summed E-state index contributed by atoms with van der Waals surface area (Å²) in [6.07, 6.45) is 7.01. The van der Waals surface area contributed by atoms with Crippen molar-refractivity contribution in [1.82, 2.24) is 22.8 Å². The number of fused-ring (bicyclic) bond motifs is 21. The van der Waals surface area contributed by atoms with Crippen LogP contribution in [0.3, 0.4) is 0 Å². The molecule has 28 aromatic rings. The Kier molecular flexibility index (Phi) is 26.2. The van der Waals surface area contributed by atoms with E-state index < -0.39 is 0 Å². The van der Waals surface area contributed by atoms with Gasteiger partial charge in [0.05, 0.1) is 55.2 Å². The van der Waals surface area contributed by atoms with Gasteiger partial charge in [-0.1, -0.05) is 400 Å². The van der Waals surface area contributed by atoms with Crippen LogP contribution in [0.1, 0.15) is 82.5 Å². The lowest BCUT2D eigenvalue weighted by Gasteiger charge is -2.22. The smallest absolute Gasteiger partial charge is 0.0570 e. The van der Waals surface area contributed by atoms with Gasteiger partial charge in [0.1, 0.15) is 0 Å². The summed E-state index contributed by atoms with van der Waals surface area (Å²) in [7, 11) is 0. The van der Waals surface area contributed by atoms with E-state index >= 15 is 0 Å². The van der Waals surface area contributed by atoms with Crippen molar-refractivity contribution in [2.75, 3.05) is 0 Å². The maximum atomic E-state index is 2.38. The van der Waals surface area contributed by atoms with E-state index in [1.165, 1.54) is 266 Å². The van der Waals surface area contributed by atoms with Gasteiger partial charge in [-0.25, -0.2) is 0 Å². The van der Waals surface area contributed by atoms with Crippen molar-refractivity contribution < 1.29 is 0 Å². The fourth-order valence-corrected chi connectivity index (χ4v) is 25.1. The van der Waals surface area contributed by atoms with E-state index in [0.29, 0.717) is 0 Å². The molecule has 706 valence electrons. The first-order valence-electron chi connectivity index (χ1n) is 51.1. The third-order valence-corrected chi connectivity index (χ3v) is 31.9. The highest BCUT2D eigenvalue weighted by Gasteiger charge is 2.24. The second kappa shape index (κ2) is 41.2. The van der Waals surface area contributed by atoms with Gasteiger partial charge in [-0.2, -0.15) is 0 Å². The molecule has 0 unspecified atom stereocenters. The van der Waals surface area contributed by atoms with E-state index in [9.17, 15) is 0 Å². The Bertz CT molecular complexity index is 9480. The zero-order valence-corrected chi connectivity index (χ0v) is 85.1. The Labute approximate surface area is 861 Å². The van der Waals surface area contributed by atoms with Gasteiger partial charge in [0.2, 0.25) is 0 Å². The molecule has 0 atom stereocenters. The first-order chi connectivity index (χ1) is 71.9. The number of aryl methyl sites for hydroxylation is 7. The molecule has 0 N–H and O–H groups in total. The summed E-state index contributed by atoms with van der Waals surface area (Å²) in [6, 6.07) is 175. The fourth-order valence-electron chi connectivity index (χ4n) is 22.3. The lowest BCUT2D eigenvalue weighted by Crippen LogP contribution is -2.04. The van der Waals surface area contributed by atoms with Crippen LogP contribution in [0, 0.1) is 48.5 Å². The van der Waals surface area contributed by atoms with Gasteiger partial charge in [-0.15, -0.1) is 22.7 Å². The highest BCUT2D eigenvalue weighted by atomic mass is 32.1. The number of thiophene rings is 2. The highest BCUT2D eigenvalue weighted by molar-refractivity contribution is 7.27. The largest absolute Gasteiger partial charge is 0.309 e. The van der Waals surface area contributed by atoms with E-state index in [2.05, 4.69) is 563 Å². The van der Waals surface area contributed by atoms with E-state index in [4.69, 9.17) is 0 Å². The second-order valence-corrected chi connectivity index (χ2v) is 40.7. The van der Waals surface area contributed by atoms with Crippen molar-refractivity contribution in [3.8, 4) is 50.7 Å². The molecule has 1 fully saturated rings. The average molecular weight is 1920 g/mol. The molecular formula is C139H113N5S2. The Morgan fingerprint density at radius 3 is 1.07 bits per heavy atom. The van der Waals surface area contributed by atoms with Gasteiger partial charge in [-0.3, -0.25) is 0 Å². The number of para-hydroxylation sites is 11. The lowest BCUT2D eigenvalue weighted by atomic mass is 9.84. The second-order valence-electron chi connectivity index (χ2n) is 38.7. The number of hydrogen-bond donors (Lipinski definition) is 0. The Morgan fingerprint density at radius 1 is 0.185 bits per heavy atom. The molecule has 21 aromatic carbocycles. The molecule has 5 nitrogen and oxygen atoms in total. The molecule has 7 heterocycles. The molecule has 7 aromatic heterocycles. The number of nitrogens with zero attached hydrogens (tertiary/aromatic N) is 5. The molecule has 1 aliphatic rings. The molecule has 0 aliphatic heterocycles. The van der Waals surface area contributed by atoms with Gasteiger partial charge in [-0.05, 0) is 244 Å². The summed E-state index contributed by atoms with van der Waals surface area (Å²) in [6.45, 7) is 15.2. The zero-order chi connectivity index (χ0) is 98.7. The monoisotopic (exact) mass is 1920 g/mol. The maximum Gasteiger partial charge on any atom is 0.0570 e. The van der Waals surface area contributed by atoms with Crippen LogP contribution < -0.4 is 0 Å². The topological polar surface area (TPSA) is 24.6 Å². The van der Waals surface area contributed by atoms with Crippen LogP contribution in [0.5, 0.6) is 0 Å². The van der Waals surface area contributed by atoms with E-state index in [-0.39, 0.29) is 0 Å². The molecule has 0 amide bonds. The molecule has 0 saturated heterocycles. The third-order valence-electron chi connectivity index (χ3n) is 29.2. The predicted molar refractivity (Wildman–Crippen MR) is 632 cm³/mol. The number of benzene rings is 21. The Balaban J connectivity index is 0.0000000942. The molecule has 29 rings (SSSR count). The average Bonchev–Trinajstić information content (AvgIpc) is 1.61. The number of hydrogen-bond acceptors (Lipinski definition) is 2. The SMILES string of the molecule is Cc1ccc(-n2c3ccccc3c3ccccc32)cc1.Cc1ccc2c(c1)c1ccccc1n2-c1ccccc1.Cc1ccc2c3ccccc3n(-c3ccccc3)c2c1.Cc1cccc2c1c1ccccc1n2-c1ccccc1.Cc1cccc2c1sc1c(C3CCCCC3)cccc12.Cc1cccc2c3ccccc3n(-c3ccccc3)c12.Cc1ccccc1-c1cccc2c1sc1c(-c3ccccc3)cccc12. The fraction of sp³-hybridized carbons (Fsp3) is 0.0935. The summed E-state index contributed by atoms with van der Waals surface area (Å²) < 4.78 is 17.5. The van der Waals surface area contributed by atoms with E-state index in [1.807, 2.05) is 22.7 Å². The van der Waals surface area contributed by atoms with Crippen molar-refractivity contribution in [3.05, 3.63) is 536 Å². The van der Waals surface area contributed by atoms with Crippen molar-refractivity contribution in [2.24, 2.45) is 0 Å². The Hall–Kier alpha value is -16.9. The van der Waals surface area contributed by atoms with E-state index in [1.54, 1.807) is 10.3 Å². The van der Waals surface area contributed by atoms with Crippen LogP contribution in [-0.2, 0) is 0 Å². The molecule has 146 heavy (non-hydrogen) atoms. The number of aromatic nitrogens is 5. The van der Waals surface area contributed by atoms with Crippen molar-refractivity contribution in [3.63, 3.8) is 0 Å². The summed E-state index contributed by atoms with van der Waals surface area (Å²) in [4.78, 5) is 0. The van der Waals surface area contributed by atoms with Crippen LogP contribution >= 0.6 is 22.7 Å². The predicted octanol–water partition coefficient (Wildman–Crippen LogP) is 39.6. The molecular weight excluding hydrogens is 1800 g/mol. The minimum absolute atomic E-state index is 0.792. The quantitative estimate of drug-likeness (QED) is 0.145. The Morgan fingerprint density at radius 2 is 0.514 bits per heavy atom. The van der Waals surface area contributed by atoms with Crippen LogP contribution in [0.4, 0.5) is 0 Å². The van der Waals surface area contributed by atoms with Gasteiger partial charge in [0.15, 0.2) is 0 Å². The number of rotatable bonds is 8. The maximum absolute atomic E-state index is 2.38. The molecule has 0 radical (unpaired) electrons. The minimum atomic E-state index is 0.792. The van der Waals surface area contributed by atoms with E-state index in [0.717, 1.165) is 5.92 Å². The summed E-state index contributed by atoms with van der Waals surface area (Å²) >= 11 is 3.92. The first kappa shape index (κ1) is 92.8. The van der Waals surface area contributed by atoms with Crippen LogP contribution in [0.15, 0.2) is 491 Å². The normalized spacial score (nSPS) is 12.0. The lowest BCUT2D eigenvalue weighted by molar-refractivity contribution is 0.446. The van der Waals surface area contributed by atoms with Crippen molar-refractivity contribution in [1.29, 1.82) is 0 Å². The van der Waals surface area contributed by atoms with Crippen molar-refractivity contribution in [2.45, 2.75) is 86.5 Å². The molecule has 7 heteroatoms. The van der Waals surface area contributed by atoms with Gasteiger partial charge < -0.3 is 22.8 Å². The standard InChI is InChI=1S/C25H18S.5C19H15N.C19H20S/c1-17-9-5-6-12-19(17)21-14-8-16-23-22-15-7-13-20(24(22)26-25(21)23)18-10-3-2-4-11-18;1-14-10-12-15(13-11-14)20-18-8-4-2-6-16(18)17-7-3-5-9-19(17)20;1-14-8-7-12-17-16-11-5-6-13-18(16)20(19(14)17)15-9-3-2-4-10-15;1-14-8-7-13-18-19(14)16-11-5-6-12-17(16)20(18)15-9-3-2-4-10-15;1-14-11-12-19-17(13-14)16-9-5-6-10-18(16)20(19)15-7-3-2-4-8-15;1-14-11-12-17-16-9-5-6-10-18(16)20(19(17)13-14)15-7-3-2-4-8-15;1-13-7-5-11-16-17-12-6-10-15(19(17)20-18(13)16)14-8-3-2-4-9-14/h2-16H,1H3;5*2-13H,1H3;5-7,10-12,14H,2-4,8-9H2,1H3. The van der Waals surface area contributed by atoms with Gasteiger partial charge in [0.25, 0.3) is 0 Å². The van der Waals surface area contributed by atoms with Crippen LogP contribution in [0.2, 0.25) is 0 Å². The van der Waals surface area contributed by atoms with Gasteiger partial charge in [0, 0.05) is 123 Å². The third kappa shape index (κ3) is 17.9. The highest BCUT2D eigenvalue weighted by Crippen LogP contribution is 2.48. The molecule has 0 spiro atoms. The molecule has 1 saturated carbocycles. The van der Waals surface area contributed by atoms with Crippen LogP contribution in [-0.4, -0.2) is 22.8 Å². The first-order valence-corrected chi connectivity index (χ1v) is 52.8.